The van der Waals surface area contributed by atoms with Crippen LogP contribution in [-0.4, -0.2) is 11.5 Å². The highest BCUT2D eigenvalue weighted by Crippen LogP contribution is 2.32. The molecule has 2 heterocycles. The van der Waals surface area contributed by atoms with E-state index in [1.807, 2.05) is 0 Å². The summed E-state index contributed by atoms with van der Waals surface area (Å²) in [5.41, 5.74) is 0. The molecule has 1 aromatic heterocycles. The molecule has 0 aromatic carbocycles. The number of hydrogen-bond donors (Lipinski definition) is 1. The van der Waals surface area contributed by atoms with Gasteiger partial charge in [-0.05, 0) is 19.4 Å². The summed E-state index contributed by atoms with van der Waals surface area (Å²) in [6.45, 7) is 0.800. The molecule has 1 aliphatic heterocycles. The van der Waals surface area contributed by atoms with Gasteiger partial charge >= 0.3 is 6.18 Å². The van der Waals surface area contributed by atoms with E-state index in [0.717, 1.165) is 32.0 Å². The molecule has 0 saturated carbocycles. The molecule has 1 fully saturated rings. The first-order valence-electron chi connectivity index (χ1n) is 4.83. The normalized spacial score (nSPS) is 23.0. The number of piperidine rings is 1. The maximum absolute atomic E-state index is 12.2. The van der Waals surface area contributed by atoms with Crippen molar-refractivity contribution >= 4 is 0 Å². The lowest BCUT2D eigenvalue weighted by Gasteiger charge is -2.20. The summed E-state index contributed by atoms with van der Waals surface area (Å²) >= 11 is 0. The van der Waals surface area contributed by atoms with Crippen LogP contribution in [0.25, 0.3) is 0 Å². The second-order valence-corrected chi connectivity index (χ2v) is 3.56. The Morgan fingerprint density at radius 3 is 2.73 bits per heavy atom. The first-order valence-corrected chi connectivity index (χ1v) is 4.83. The predicted molar refractivity (Wildman–Crippen MR) is 46.1 cm³/mol. The van der Waals surface area contributed by atoms with Crippen molar-refractivity contribution < 1.29 is 17.6 Å². The van der Waals surface area contributed by atoms with Crippen molar-refractivity contribution in [1.82, 2.24) is 10.3 Å². The first kappa shape index (κ1) is 10.5. The molecule has 6 heteroatoms. The fraction of sp³-hybridized carbons (Fsp3) is 0.667. The van der Waals surface area contributed by atoms with E-state index < -0.39 is 11.9 Å². The number of aromatic nitrogens is 1. The summed E-state index contributed by atoms with van der Waals surface area (Å²) in [6.07, 6.45) is -0.895. The number of nitrogens with zero attached hydrogens (tertiary/aromatic N) is 1. The molecular formula is C9H11F3N2O. The van der Waals surface area contributed by atoms with Gasteiger partial charge in [0.1, 0.15) is 0 Å². The molecule has 15 heavy (non-hydrogen) atoms. The Labute approximate surface area is 84.7 Å². The molecule has 0 radical (unpaired) electrons. The van der Waals surface area contributed by atoms with E-state index in [-0.39, 0.29) is 11.9 Å². The van der Waals surface area contributed by atoms with Gasteiger partial charge in [-0.25, -0.2) is 4.98 Å². The van der Waals surface area contributed by atoms with Crippen molar-refractivity contribution in [3.05, 3.63) is 17.8 Å². The maximum atomic E-state index is 12.2. The largest absolute Gasteiger partial charge is 0.451 e. The Hall–Kier alpha value is -1.04. The molecular weight excluding hydrogens is 209 g/mol. The van der Waals surface area contributed by atoms with Gasteiger partial charge in [0.05, 0.1) is 12.2 Å². The minimum absolute atomic E-state index is 0.141. The minimum atomic E-state index is -4.44. The zero-order valence-corrected chi connectivity index (χ0v) is 7.97. The lowest BCUT2D eigenvalue weighted by molar-refractivity contribution is -0.153. The zero-order chi connectivity index (χ0) is 10.9. The van der Waals surface area contributed by atoms with Crippen LogP contribution in [0.3, 0.4) is 0 Å². The molecule has 1 N–H and O–H groups in total. The topological polar surface area (TPSA) is 38.1 Å². The Kier molecular flexibility index (Phi) is 2.68. The van der Waals surface area contributed by atoms with E-state index in [4.69, 9.17) is 0 Å². The molecule has 3 nitrogen and oxygen atoms in total. The molecule has 1 unspecified atom stereocenters. The van der Waals surface area contributed by atoms with Gasteiger partial charge < -0.3 is 9.73 Å². The molecule has 0 amide bonds. The van der Waals surface area contributed by atoms with Crippen LogP contribution in [0.5, 0.6) is 0 Å². The van der Waals surface area contributed by atoms with Crippen LogP contribution >= 0.6 is 0 Å². The van der Waals surface area contributed by atoms with Gasteiger partial charge in [-0.1, -0.05) is 6.42 Å². The number of halogens is 3. The SMILES string of the molecule is FC(F)(F)c1cnc(C2CCCCN2)o1. The average Bonchev–Trinajstić information content (AvgIpc) is 2.67. The maximum Gasteiger partial charge on any atom is 0.451 e. The lowest BCUT2D eigenvalue weighted by Crippen LogP contribution is -2.26. The van der Waals surface area contributed by atoms with E-state index in [1.165, 1.54) is 0 Å². The number of rotatable bonds is 1. The van der Waals surface area contributed by atoms with Crippen LogP contribution in [-0.2, 0) is 6.18 Å². The Morgan fingerprint density at radius 1 is 1.40 bits per heavy atom. The third-order valence-electron chi connectivity index (χ3n) is 2.41. The van der Waals surface area contributed by atoms with Crippen LogP contribution in [0.1, 0.15) is 37.0 Å². The summed E-state index contributed by atoms with van der Waals surface area (Å²) in [7, 11) is 0. The molecule has 2 rings (SSSR count). The van der Waals surface area contributed by atoms with Crippen molar-refractivity contribution in [2.24, 2.45) is 0 Å². The molecule has 1 aromatic rings. The van der Waals surface area contributed by atoms with E-state index in [2.05, 4.69) is 14.7 Å². The smallest absolute Gasteiger partial charge is 0.434 e. The molecule has 0 aliphatic carbocycles. The fourth-order valence-electron chi connectivity index (χ4n) is 1.64. The van der Waals surface area contributed by atoms with Gasteiger partial charge in [0.15, 0.2) is 0 Å². The zero-order valence-electron chi connectivity index (χ0n) is 7.97. The third kappa shape index (κ3) is 2.31. The lowest BCUT2D eigenvalue weighted by atomic mass is 10.1. The molecule has 0 spiro atoms. The molecule has 1 atom stereocenters. The molecule has 1 saturated heterocycles. The summed E-state index contributed by atoms with van der Waals surface area (Å²) in [6, 6.07) is -0.171. The molecule has 84 valence electrons. The van der Waals surface area contributed by atoms with Gasteiger partial charge in [0.2, 0.25) is 11.7 Å². The van der Waals surface area contributed by atoms with Crippen molar-refractivity contribution in [3.63, 3.8) is 0 Å². The average molecular weight is 220 g/mol. The van der Waals surface area contributed by atoms with Crippen molar-refractivity contribution in [2.75, 3.05) is 6.54 Å². The van der Waals surface area contributed by atoms with Crippen LogP contribution in [0.2, 0.25) is 0 Å². The number of alkyl halides is 3. The summed E-state index contributed by atoms with van der Waals surface area (Å²) < 4.78 is 41.3. The highest BCUT2D eigenvalue weighted by Gasteiger charge is 2.36. The summed E-state index contributed by atoms with van der Waals surface area (Å²) in [5, 5.41) is 3.08. The van der Waals surface area contributed by atoms with E-state index in [1.54, 1.807) is 0 Å². The minimum Gasteiger partial charge on any atom is -0.434 e. The predicted octanol–water partition coefficient (Wildman–Crippen LogP) is 2.51. The van der Waals surface area contributed by atoms with Crippen LogP contribution in [0, 0.1) is 0 Å². The van der Waals surface area contributed by atoms with E-state index in [0.29, 0.717) is 0 Å². The van der Waals surface area contributed by atoms with E-state index >= 15 is 0 Å². The Balaban J connectivity index is 2.12. The van der Waals surface area contributed by atoms with Crippen molar-refractivity contribution in [3.8, 4) is 0 Å². The highest BCUT2D eigenvalue weighted by atomic mass is 19.4. The van der Waals surface area contributed by atoms with E-state index in [9.17, 15) is 13.2 Å². The van der Waals surface area contributed by atoms with Gasteiger partial charge in [-0.2, -0.15) is 13.2 Å². The number of hydrogen-bond acceptors (Lipinski definition) is 3. The van der Waals surface area contributed by atoms with Crippen LogP contribution < -0.4 is 5.32 Å². The Bertz CT molecular complexity index is 328. The third-order valence-corrected chi connectivity index (χ3v) is 2.41. The van der Waals surface area contributed by atoms with Crippen molar-refractivity contribution in [2.45, 2.75) is 31.5 Å². The Morgan fingerprint density at radius 2 is 2.20 bits per heavy atom. The summed E-state index contributed by atoms with van der Waals surface area (Å²) in [4.78, 5) is 3.66. The highest BCUT2D eigenvalue weighted by molar-refractivity contribution is 5.02. The van der Waals surface area contributed by atoms with Crippen LogP contribution in [0.4, 0.5) is 13.2 Å². The second kappa shape index (κ2) is 3.84. The van der Waals surface area contributed by atoms with Gasteiger partial charge in [-0.15, -0.1) is 0 Å². The van der Waals surface area contributed by atoms with Crippen molar-refractivity contribution in [1.29, 1.82) is 0 Å². The van der Waals surface area contributed by atoms with Gasteiger partial charge in [0.25, 0.3) is 0 Å². The first-order chi connectivity index (χ1) is 7.07. The summed E-state index contributed by atoms with van der Waals surface area (Å²) in [5.74, 6) is -0.883. The fourth-order valence-corrected chi connectivity index (χ4v) is 1.64. The molecule has 0 bridgehead atoms. The second-order valence-electron chi connectivity index (χ2n) is 3.56. The van der Waals surface area contributed by atoms with Crippen LogP contribution in [0.15, 0.2) is 10.6 Å². The van der Waals surface area contributed by atoms with Gasteiger partial charge in [-0.3, -0.25) is 0 Å². The number of oxazole rings is 1. The molecule has 1 aliphatic rings. The van der Waals surface area contributed by atoms with Gasteiger partial charge in [0, 0.05) is 0 Å². The number of nitrogens with one attached hydrogen (secondary N) is 1. The quantitative estimate of drug-likeness (QED) is 0.790. The standard InChI is InChI=1S/C9H11F3N2O/c10-9(11,12)7-5-14-8(15-7)6-3-1-2-4-13-6/h5-6,13H,1-4H2. The monoisotopic (exact) mass is 220 g/mol.